The minimum Gasteiger partial charge on any atom is -0.488 e. The summed E-state index contributed by atoms with van der Waals surface area (Å²) in [5.41, 5.74) is 3.35. The summed E-state index contributed by atoms with van der Waals surface area (Å²) < 4.78 is 11.6. The summed E-state index contributed by atoms with van der Waals surface area (Å²) in [6.45, 7) is 9.30. The molecular weight excluding hydrogens is 733 g/mol. The summed E-state index contributed by atoms with van der Waals surface area (Å²) in [4.78, 5) is 46.3. The van der Waals surface area contributed by atoms with Crippen LogP contribution in [0.4, 0.5) is 27.8 Å². The lowest BCUT2D eigenvalue weighted by Gasteiger charge is -2.28. The number of nitrogens with one attached hydrogen (secondary N) is 5. The lowest BCUT2D eigenvalue weighted by molar-refractivity contribution is 0.0933. The number of rotatable bonds is 14. The van der Waals surface area contributed by atoms with Crippen molar-refractivity contribution < 1.29 is 19.1 Å². The maximum atomic E-state index is 13.5. The van der Waals surface area contributed by atoms with Crippen LogP contribution < -0.4 is 26.0 Å². The molecule has 0 spiro atoms. The quantitative estimate of drug-likeness (QED) is 0.0554. The average molecular weight is 785 g/mol. The van der Waals surface area contributed by atoms with Gasteiger partial charge in [-0.15, -0.1) is 0 Å². The first-order valence-corrected chi connectivity index (χ1v) is 19.4. The van der Waals surface area contributed by atoms with Gasteiger partial charge >= 0.3 is 6.03 Å². The van der Waals surface area contributed by atoms with Crippen LogP contribution in [0.1, 0.15) is 61.6 Å². The van der Waals surface area contributed by atoms with E-state index in [1.165, 1.54) is 12.4 Å². The topological polar surface area (TPSA) is 179 Å². The first kappa shape index (κ1) is 41.4. The first-order chi connectivity index (χ1) is 27.9. The smallest absolute Gasteiger partial charge is 0.324 e. The van der Waals surface area contributed by atoms with Crippen LogP contribution in [0.2, 0.25) is 0 Å². The van der Waals surface area contributed by atoms with E-state index in [1.54, 1.807) is 19.4 Å². The van der Waals surface area contributed by atoms with Gasteiger partial charge in [0.15, 0.2) is 0 Å². The Hall–Kier alpha value is -6.25. The Morgan fingerprint density at radius 3 is 2.41 bits per heavy atom. The summed E-state index contributed by atoms with van der Waals surface area (Å²) in [6.07, 6.45) is 6.97. The van der Waals surface area contributed by atoms with Gasteiger partial charge in [-0.05, 0) is 91.8 Å². The van der Waals surface area contributed by atoms with E-state index in [1.807, 2.05) is 87.5 Å². The molecule has 302 valence electrons. The minimum atomic E-state index is -0.477. The number of ether oxygens (including phenoxy) is 2. The van der Waals surface area contributed by atoms with Gasteiger partial charge in [0.2, 0.25) is 0 Å². The van der Waals surface area contributed by atoms with E-state index in [-0.39, 0.29) is 24.6 Å². The fourth-order valence-corrected chi connectivity index (χ4v) is 6.40. The second-order valence-corrected chi connectivity index (χ2v) is 15.5. The van der Waals surface area contributed by atoms with E-state index in [9.17, 15) is 9.59 Å². The number of amides is 3. The molecule has 0 radical (unpaired) electrons. The van der Waals surface area contributed by atoms with Gasteiger partial charge in [0, 0.05) is 42.8 Å². The van der Waals surface area contributed by atoms with Crippen molar-refractivity contribution >= 4 is 57.3 Å². The zero-order valence-electron chi connectivity index (χ0n) is 33.8. The highest BCUT2D eigenvalue weighted by atomic mass is 16.5. The lowest BCUT2D eigenvalue weighted by atomic mass is 9.88. The molecule has 0 aliphatic carbocycles. The summed E-state index contributed by atoms with van der Waals surface area (Å²) in [6, 6.07) is 22.1. The molecule has 6 rings (SSSR count). The fraction of sp³-hybridized carbons (Fsp3) is 0.341. The van der Waals surface area contributed by atoms with Crippen molar-refractivity contribution in [3.63, 3.8) is 0 Å². The summed E-state index contributed by atoms with van der Waals surface area (Å²) in [5.74, 6) is 2.24. The number of hydrogen-bond donors (Lipinski definition) is 5. The number of benzene rings is 3. The number of aromatic nitrogens is 3. The van der Waals surface area contributed by atoms with E-state index >= 15 is 0 Å². The SMILES string of the molecule is COCc1cccc(N=C(CC(=N)C(C)(C)C)NC(=O)Nc2ccc(OCc3ccnc(Nc4cnc(C(=O)NCC5CCN(C)CC5)cn4)c3)c3ccccc23)c1. The van der Waals surface area contributed by atoms with Crippen LogP contribution in [-0.4, -0.2) is 77.1 Å². The highest BCUT2D eigenvalue weighted by Crippen LogP contribution is 2.32. The third kappa shape index (κ3) is 11.6. The molecule has 0 atom stereocenters. The molecule has 3 heterocycles. The largest absolute Gasteiger partial charge is 0.488 e. The molecule has 5 N–H and O–H groups in total. The molecule has 2 aromatic heterocycles. The Morgan fingerprint density at radius 2 is 1.67 bits per heavy atom. The molecule has 3 amide bonds. The summed E-state index contributed by atoms with van der Waals surface area (Å²) >= 11 is 0. The van der Waals surface area contributed by atoms with Gasteiger partial charge in [0.05, 0.1) is 30.4 Å². The predicted octanol–water partition coefficient (Wildman–Crippen LogP) is 7.87. The molecular formula is C44H52N10O4. The van der Waals surface area contributed by atoms with E-state index in [0.29, 0.717) is 59.4 Å². The number of pyridine rings is 1. The van der Waals surface area contributed by atoms with Gasteiger partial charge in [-0.3, -0.25) is 10.1 Å². The number of hydrogen-bond acceptors (Lipinski definition) is 11. The zero-order valence-corrected chi connectivity index (χ0v) is 33.8. The van der Waals surface area contributed by atoms with Crippen molar-refractivity contribution in [2.45, 2.75) is 53.2 Å². The number of fused-ring (bicyclic) bond motifs is 1. The van der Waals surface area contributed by atoms with Crippen molar-refractivity contribution in [3.05, 3.63) is 108 Å². The number of piperidine rings is 1. The summed E-state index contributed by atoms with van der Waals surface area (Å²) in [5, 5.41) is 22.3. The number of likely N-dealkylation sites (tertiary alicyclic amines) is 1. The van der Waals surface area contributed by atoms with Gasteiger partial charge in [0.1, 0.15) is 35.5 Å². The third-order valence-corrected chi connectivity index (χ3v) is 9.87. The lowest BCUT2D eigenvalue weighted by Crippen LogP contribution is -2.37. The molecule has 0 bridgehead atoms. The molecule has 1 saturated heterocycles. The van der Waals surface area contributed by atoms with Crippen molar-refractivity contribution in [2.24, 2.45) is 16.3 Å². The number of aliphatic imine (C=N–C) groups is 1. The van der Waals surface area contributed by atoms with E-state index in [0.717, 1.165) is 47.8 Å². The van der Waals surface area contributed by atoms with E-state index in [2.05, 4.69) is 48.2 Å². The molecule has 1 aliphatic heterocycles. The molecule has 0 unspecified atom stereocenters. The van der Waals surface area contributed by atoms with Crippen LogP contribution >= 0.6 is 0 Å². The molecule has 1 fully saturated rings. The third-order valence-electron chi connectivity index (χ3n) is 9.87. The molecule has 14 heteroatoms. The minimum absolute atomic E-state index is 0.169. The zero-order chi connectivity index (χ0) is 41.1. The highest BCUT2D eigenvalue weighted by Gasteiger charge is 2.21. The van der Waals surface area contributed by atoms with Crippen molar-refractivity contribution in [2.75, 3.05) is 44.4 Å². The number of nitrogens with zero attached hydrogens (tertiary/aromatic N) is 5. The number of carbonyl (C=O) groups excluding carboxylic acids is 2. The van der Waals surface area contributed by atoms with Gasteiger partial charge in [-0.25, -0.2) is 24.7 Å². The standard InChI is InChI=1S/C44H52N10O4/c1-44(2,3)38(45)23-40(50-32-10-8-9-30(21-32)27-57-5)53-43(56)51-35-13-14-37(34-12-7-6-11-33(34)35)58-28-31-15-18-46-39(22-31)52-41-26-47-36(25-48-41)42(55)49-24-29-16-19-54(4)20-17-29/h6-15,18,21-22,25-26,29,45H,16-17,19-20,23-24,27-28H2,1-5H3,(H,49,55)(H,46,48,52)(H2,50,51,53,56). The van der Waals surface area contributed by atoms with Crippen LogP contribution in [0.25, 0.3) is 10.8 Å². The average Bonchev–Trinajstić information content (AvgIpc) is 3.20. The van der Waals surface area contributed by atoms with Gasteiger partial charge < -0.3 is 35.7 Å². The van der Waals surface area contributed by atoms with Crippen molar-refractivity contribution in [1.29, 1.82) is 5.41 Å². The predicted molar refractivity (Wildman–Crippen MR) is 229 cm³/mol. The van der Waals surface area contributed by atoms with Crippen LogP contribution in [0.3, 0.4) is 0 Å². The molecule has 14 nitrogen and oxygen atoms in total. The van der Waals surface area contributed by atoms with Crippen LogP contribution in [0.15, 0.2) is 96.4 Å². The Labute approximate surface area is 339 Å². The van der Waals surface area contributed by atoms with Crippen molar-refractivity contribution in [3.8, 4) is 5.75 Å². The molecule has 1 aliphatic rings. The summed E-state index contributed by atoms with van der Waals surface area (Å²) in [7, 11) is 3.75. The number of carbonyl (C=O) groups is 2. The molecule has 3 aromatic carbocycles. The van der Waals surface area contributed by atoms with Gasteiger partial charge in [-0.1, -0.05) is 57.2 Å². The second-order valence-electron chi connectivity index (χ2n) is 15.5. The van der Waals surface area contributed by atoms with Crippen LogP contribution in [-0.2, 0) is 18.0 Å². The van der Waals surface area contributed by atoms with E-state index in [4.69, 9.17) is 19.9 Å². The maximum Gasteiger partial charge on any atom is 0.324 e. The highest BCUT2D eigenvalue weighted by molar-refractivity contribution is 6.13. The number of methoxy groups -OCH3 is 1. The van der Waals surface area contributed by atoms with Gasteiger partial charge in [-0.2, -0.15) is 0 Å². The van der Waals surface area contributed by atoms with Crippen LogP contribution in [0.5, 0.6) is 5.75 Å². The Balaban J connectivity index is 1.08. The number of anilines is 3. The van der Waals surface area contributed by atoms with Crippen molar-refractivity contribution in [1.82, 2.24) is 30.5 Å². The normalized spacial score (nSPS) is 13.8. The Bertz CT molecular complexity index is 2250. The number of urea groups is 1. The van der Waals surface area contributed by atoms with Gasteiger partial charge in [0.25, 0.3) is 5.91 Å². The Morgan fingerprint density at radius 1 is 0.897 bits per heavy atom. The first-order valence-electron chi connectivity index (χ1n) is 19.4. The van der Waals surface area contributed by atoms with E-state index < -0.39 is 11.4 Å². The molecule has 0 saturated carbocycles. The monoisotopic (exact) mass is 784 g/mol. The number of amidine groups is 1. The molecule has 58 heavy (non-hydrogen) atoms. The Kier molecular flexibility index (Phi) is 13.7. The second kappa shape index (κ2) is 19.3. The fourth-order valence-electron chi connectivity index (χ4n) is 6.40. The van der Waals surface area contributed by atoms with Crippen LogP contribution in [0, 0.1) is 16.7 Å². The maximum absolute atomic E-state index is 13.5. The molecule has 5 aromatic rings.